The highest BCUT2D eigenvalue weighted by molar-refractivity contribution is 5.70. The molecule has 0 saturated carbocycles. The third kappa shape index (κ3) is 55.9. The summed E-state index contributed by atoms with van der Waals surface area (Å²) in [5.41, 5.74) is 0. The Balaban J connectivity index is 4.50. The number of ether oxygens (including phenoxy) is 3. The lowest BCUT2D eigenvalue weighted by atomic mass is 10.1. The van der Waals surface area contributed by atoms with Gasteiger partial charge in [0.15, 0.2) is 6.10 Å². The fourth-order valence-corrected chi connectivity index (χ4v) is 6.73. The van der Waals surface area contributed by atoms with Crippen LogP contribution in [0, 0.1) is 0 Å². The van der Waals surface area contributed by atoms with Crippen molar-refractivity contribution >= 4 is 11.9 Å². The zero-order valence-electron chi connectivity index (χ0n) is 44.7. The molecule has 0 amide bonds. The molecule has 5 nitrogen and oxygen atoms in total. The summed E-state index contributed by atoms with van der Waals surface area (Å²) >= 11 is 0. The number of rotatable bonds is 48. The van der Waals surface area contributed by atoms with E-state index in [0.717, 1.165) is 167 Å². The van der Waals surface area contributed by atoms with Gasteiger partial charge in [-0.1, -0.05) is 210 Å². The van der Waals surface area contributed by atoms with Gasteiger partial charge in [-0.05, 0) is 148 Å². The lowest BCUT2D eigenvalue weighted by Crippen LogP contribution is -2.30. The van der Waals surface area contributed by atoms with Gasteiger partial charge in [-0.25, -0.2) is 0 Å². The number of hydrogen-bond acceptors (Lipinski definition) is 5. The van der Waals surface area contributed by atoms with Gasteiger partial charge in [0.1, 0.15) is 6.61 Å². The highest BCUT2D eigenvalue weighted by Gasteiger charge is 2.17. The maximum absolute atomic E-state index is 12.8. The molecule has 1 unspecified atom stereocenters. The third-order valence-corrected chi connectivity index (χ3v) is 10.7. The molecule has 0 N–H and O–H groups in total. The monoisotopic (exact) mass is 961 g/mol. The van der Waals surface area contributed by atoms with Gasteiger partial charge in [0.25, 0.3) is 0 Å². The van der Waals surface area contributed by atoms with Crippen LogP contribution in [0.4, 0.5) is 0 Å². The van der Waals surface area contributed by atoms with Gasteiger partial charge in [-0.15, -0.1) is 0 Å². The molecule has 0 aromatic rings. The van der Waals surface area contributed by atoms with Gasteiger partial charge < -0.3 is 14.2 Å². The first kappa shape index (κ1) is 65.3. The normalized spacial score (nSPS) is 13.6. The number of carbonyl (C=O) groups excluding carboxylic acids is 2. The van der Waals surface area contributed by atoms with E-state index in [2.05, 4.69) is 191 Å². The maximum Gasteiger partial charge on any atom is 0.306 e. The van der Waals surface area contributed by atoms with E-state index in [1.54, 1.807) is 0 Å². The van der Waals surface area contributed by atoms with E-state index in [1.807, 2.05) is 0 Å². The van der Waals surface area contributed by atoms with E-state index in [-0.39, 0.29) is 25.2 Å². The molecule has 0 aliphatic heterocycles. The number of carbonyl (C=O) groups is 2. The van der Waals surface area contributed by atoms with Crippen molar-refractivity contribution in [3.05, 3.63) is 170 Å². The molecule has 0 saturated heterocycles. The summed E-state index contributed by atoms with van der Waals surface area (Å²) in [7, 11) is 0. The Labute approximate surface area is 430 Å². The van der Waals surface area contributed by atoms with Crippen molar-refractivity contribution in [2.75, 3.05) is 19.8 Å². The van der Waals surface area contributed by atoms with Crippen LogP contribution in [0.15, 0.2) is 170 Å². The molecule has 0 rings (SSSR count). The molecule has 390 valence electrons. The van der Waals surface area contributed by atoms with E-state index < -0.39 is 6.10 Å². The summed E-state index contributed by atoms with van der Waals surface area (Å²) in [6, 6.07) is 0. The van der Waals surface area contributed by atoms with Gasteiger partial charge >= 0.3 is 11.9 Å². The number of unbranched alkanes of at least 4 members (excludes halogenated alkanes) is 9. The summed E-state index contributed by atoms with van der Waals surface area (Å²) in [6.45, 7) is 7.32. The molecule has 0 aromatic heterocycles. The smallest absolute Gasteiger partial charge is 0.306 e. The molecule has 0 bridgehead atoms. The summed E-state index contributed by atoms with van der Waals surface area (Å²) in [5, 5.41) is 0. The molecular formula is C65H100O5. The van der Waals surface area contributed by atoms with Crippen molar-refractivity contribution in [2.45, 2.75) is 207 Å². The fraction of sp³-hybridized carbons (Fsp3) is 0.538. The van der Waals surface area contributed by atoms with Crippen molar-refractivity contribution in [1.29, 1.82) is 0 Å². The maximum atomic E-state index is 12.8. The van der Waals surface area contributed by atoms with Gasteiger partial charge in [-0.2, -0.15) is 0 Å². The van der Waals surface area contributed by atoms with Crippen LogP contribution >= 0.6 is 0 Å². The predicted molar refractivity (Wildman–Crippen MR) is 306 cm³/mol. The van der Waals surface area contributed by atoms with Crippen LogP contribution in [0.5, 0.6) is 0 Å². The minimum atomic E-state index is -0.601. The van der Waals surface area contributed by atoms with Crippen molar-refractivity contribution in [3.63, 3.8) is 0 Å². The lowest BCUT2D eigenvalue weighted by Gasteiger charge is -2.18. The second-order valence-corrected chi connectivity index (χ2v) is 17.3. The molecule has 0 radical (unpaired) electrons. The van der Waals surface area contributed by atoms with Gasteiger partial charge in [0.05, 0.1) is 6.61 Å². The standard InChI is InChI=1S/C65H100O5/c1-4-7-10-13-16-19-22-25-28-30-32-34-36-39-42-45-48-51-54-57-60-68-61-63(70-65(67)59-56-53-50-47-44-41-37-27-24-21-18-15-12-9-6-3)62-69-64(66)58-55-52-49-46-43-40-38-35-33-31-29-26-23-20-17-14-11-8-5-2/h7-12,16-21,25-29,32-35,37,39-40,42-44,47,63H,4-6,13-15,22-24,30-31,36,38,41,45-46,48-62H2,1-3H3/b10-7-,11-8-,12-9-,19-16-,20-17-,21-18-,28-25-,29-26-,34-32-,35-33-,37-27-,42-39-,43-40-,47-44-. The number of allylic oxidation sites excluding steroid dienone is 28. The molecule has 1 atom stereocenters. The average molecular weight is 962 g/mol. The first-order valence-corrected chi connectivity index (χ1v) is 27.7. The van der Waals surface area contributed by atoms with Crippen molar-refractivity contribution in [2.24, 2.45) is 0 Å². The van der Waals surface area contributed by atoms with E-state index in [0.29, 0.717) is 19.4 Å². The van der Waals surface area contributed by atoms with E-state index >= 15 is 0 Å². The molecule has 0 heterocycles. The Hall–Kier alpha value is -4.74. The topological polar surface area (TPSA) is 61.8 Å². The van der Waals surface area contributed by atoms with Crippen molar-refractivity contribution in [1.82, 2.24) is 0 Å². The zero-order chi connectivity index (χ0) is 50.6. The molecule has 0 aliphatic carbocycles. The van der Waals surface area contributed by atoms with Crippen LogP contribution < -0.4 is 0 Å². The fourth-order valence-electron chi connectivity index (χ4n) is 6.73. The summed E-state index contributed by atoms with van der Waals surface area (Å²) in [4.78, 5) is 25.5. The summed E-state index contributed by atoms with van der Waals surface area (Å²) in [5.74, 6) is -0.513. The second kappa shape index (κ2) is 58.6. The Kier molecular flexibility index (Phi) is 54.6. The summed E-state index contributed by atoms with van der Waals surface area (Å²) in [6.07, 6.45) is 88.0. The van der Waals surface area contributed by atoms with E-state index in [9.17, 15) is 9.59 Å². The van der Waals surface area contributed by atoms with Crippen LogP contribution in [-0.4, -0.2) is 37.9 Å². The van der Waals surface area contributed by atoms with E-state index in [1.165, 1.54) is 0 Å². The molecule has 0 fully saturated rings. The third-order valence-electron chi connectivity index (χ3n) is 10.7. The van der Waals surface area contributed by atoms with Crippen LogP contribution in [-0.2, 0) is 23.8 Å². The quantitative estimate of drug-likeness (QED) is 0.0345. The van der Waals surface area contributed by atoms with Gasteiger partial charge in [0, 0.05) is 19.4 Å². The Morgan fingerprint density at radius 3 is 0.971 bits per heavy atom. The highest BCUT2D eigenvalue weighted by atomic mass is 16.6. The minimum absolute atomic E-state index is 0.0276. The van der Waals surface area contributed by atoms with E-state index in [4.69, 9.17) is 14.2 Å². The Morgan fingerprint density at radius 2 is 0.600 bits per heavy atom. The first-order valence-electron chi connectivity index (χ1n) is 27.7. The van der Waals surface area contributed by atoms with Crippen LogP contribution in [0.2, 0.25) is 0 Å². The van der Waals surface area contributed by atoms with Gasteiger partial charge in [0.2, 0.25) is 0 Å². The number of esters is 2. The van der Waals surface area contributed by atoms with Crippen LogP contribution in [0.25, 0.3) is 0 Å². The van der Waals surface area contributed by atoms with Crippen molar-refractivity contribution < 1.29 is 23.8 Å². The molecular weight excluding hydrogens is 861 g/mol. The molecule has 5 heteroatoms. The van der Waals surface area contributed by atoms with Crippen molar-refractivity contribution in [3.8, 4) is 0 Å². The minimum Gasteiger partial charge on any atom is -0.462 e. The molecule has 0 spiro atoms. The molecule has 0 aromatic carbocycles. The molecule has 0 aliphatic rings. The highest BCUT2D eigenvalue weighted by Crippen LogP contribution is 2.10. The predicted octanol–water partition coefficient (Wildman–Crippen LogP) is 19.2. The van der Waals surface area contributed by atoms with Crippen LogP contribution in [0.1, 0.15) is 201 Å². The SMILES string of the molecule is CC/C=C\C/C=C\C/C=C\C/C=C\C/C=C\CCCCCCOCC(COC(=O)CCCCC/C=C\C/C=C\C/C=C\C/C=C\C/C=C\CC)OC(=O)CCCC/C=C\C/C=C\C/C=C\C/C=C\CC. The Bertz CT molecular complexity index is 1600. The largest absolute Gasteiger partial charge is 0.462 e. The Morgan fingerprint density at radius 1 is 0.314 bits per heavy atom. The van der Waals surface area contributed by atoms with Gasteiger partial charge in [-0.3, -0.25) is 9.59 Å². The lowest BCUT2D eigenvalue weighted by molar-refractivity contribution is -0.163. The second-order valence-electron chi connectivity index (χ2n) is 17.3. The first-order chi connectivity index (χ1) is 34.6. The number of hydrogen-bond donors (Lipinski definition) is 0. The zero-order valence-corrected chi connectivity index (χ0v) is 44.7. The van der Waals surface area contributed by atoms with Crippen LogP contribution in [0.3, 0.4) is 0 Å². The molecule has 70 heavy (non-hydrogen) atoms. The average Bonchev–Trinajstić information content (AvgIpc) is 3.36. The summed E-state index contributed by atoms with van der Waals surface area (Å²) < 4.78 is 17.4.